The van der Waals surface area contributed by atoms with Crippen LogP contribution in [0.2, 0.25) is 0 Å². The van der Waals surface area contributed by atoms with Gasteiger partial charge < -0.3 is 19.8 Å². The van der Waals surface area contributed by atoms with Gasteiger partial charge in [0.25, 0.3) is 0 Å². The smallest absolute Gasteiger partial charge is 0.229 e. The first-order valence-corrected chi connectivity index (χ1v) is 13.2. The summed E-state index contributed by atoms with van der Waals surface area (Å²) in [7, 11) is 0. The third kappa shape index (κ3) is 5.24. The van der Waals surface area contributed by atoms with E-state index < -0.39 is 0 Å². The minimum Gasteiger partial charge on any atom is -0.508 e. The lowest BCUT2D eigenvalue weighted by atomic mass is 10.0. The second kappa shape index (κ2) is 10.4. The van der Waals surface area contributed by atoms with Crippen molar-refractivity contribution in [3.63, 3.8) is 0 Å². The number of hydrogen-bond acceptors (Lipinski definition) is 7. The van der Waals surface area contributed by atoms with Gasteiger partial charge in [0.2, 0.25) is 5.95 Å². The second-order valence-electron chi connectivity index (χ2n) is 10.3. The molecule has 0 amide bonds. The first-order valence-electron chi connectivity index (χ1n) is 13.2. The van der Waals surface area contributed by atoms with Crippen LogP contribution in [-0.2, 0) is 6.42 Å². The molecular formula is C27H40N6O. The summed E-state index contributed by atoms with van der Waals surface area (Å²) in [5.41, 5.74) is 3.53. The Morgan fingerprint density at radius 2 is 1.29 bits per heavy atom. The summed E-state index contributed by atoms with van der Waals surface area (Å²) in [6, 6.07) is 6.28. The molecule has 0 radical (unpaired) electrons. The van der Waals surface area contributed by atoms with Crippen LogP contribution in [0.3, 0.4) is 0 Å². The van der Waals surface area contributed by atoms with Gasteiger partial charge in [-0.25, -0.2) is 0 Å². The lowest BCUT2D eigenvalue weighted by Crippen LogP contribution is -2.47. The van der Waals surface area contributed by atoms with Gasteiger partial charge in [-0.1, -0.05) is 6.07 Å². The number of aryl methyl sites for hydroxylation is 3. The van der Waals surface area contributed by atoms with Crippen molar-refractivity contribution < 1.29 is 5.11 Å². The van der Waals surface area contributed by atoms with Gasteiger partial charge in [0.05, 0.1) is 0 Å². The van der Waals surface area contributed by atoms with Crippen LogP contribution in [0.15, 0.2) is 18.2 Å². The maximum atomic E-state index is 9.90. The second-order valence-corrected chi connectivity index (χ2v) is 10.3. The van der Waals surface area contributed by atoms with Crippen LogP contribution in [0.5, 0.6) is 5.75 Å². The Hall–Kier alpha value is -2.54. The lowest BCUT2D eigenvalue weighted by molar-refractivity contribution is 0.254. The van der Waals surface area contributed by atoms with E-state index >= 15 is 0 Å². The van der Waals surface area contributed by atoms with Crippen molar-refractivity contribution in [2.75, 3.05) is 73.6 Å². The van der Waals surface area contributed by atoms with Gasteiger partial charge in [0, 0.05) is 58.4 Å². The fourth-order valence-corrected chi connectivity index (χ4v) is 5.56. The highest BCUT2D eigenvalue weighted by Gasteiger charge is 2.24. The van der Waals surface area contributed by atoms with Crippen molar-refractivity contribution in [2.24, 2.45) is 0 Å². The molecule has 34 heavy (non-hydrogen) atoms. The number of rotatable bonds is 7. The monoisotopic (exact) mass is 464 g/mol. The number of phenols is 1. The Labute approximate surface area is 204 Å². The molecule has 0 bridgehead atoms. The molecule has 3 aliphatic heterocycles. The summed E-state index contributed by atoms with van der Waals surface area (Å²) >= 11 is 0. The molecule has 5 rings (SSSR count). The molecule has 2 aromatic rings. The maximum Gasteiger partial charge on any atom is 0.229 e. The maximum absolute atomic E-state index is 9.90. The van der Waals surface area contributed by atoms with E-state index in [2.05, 4.69) is 38.7 Å². The molecule has 0 unspecified atom stereocenters. The molecule has 7 heteroatoms. The Balaban J connectivity index is 1.19. The van der Waals surface area contributed by atoms with E-state index in [1.165, 1.54) is 36.8 Å². The molecule has 3 saturated heterocycles. The standard InChI is InChI=1S/C27H40N6O/c1-21-19-24(34)22(2)18-23(21)8-7-9-30-14-16-32(17-15-30)26-20-25(31-10-3-4-11-31)28-27(29-26)33-12-5-6-13-33/h18-20,34H,3-17H2,1-2H3. The fourth-order valence-electron chi connectivity index (χ4n) is 5.56. The van der Waals surface area contributed by atoms with Gasteiger partial charge >= 0.3 is 0 Å². The number of benzene rings is 1. The zero-order chi connectivity index (χ0) is 23.5. The molecule has 1 aromatic heterocycles. The van der Waals surface area contributed by atoms with E-state index in [0.29, 0.717) is 5.75 Å². The summed E-state index contributed by atoms with van der Waals surface area (Å²) in [5, 5.41) is 9.90. The first-order chi connectivity index (χ1) is 16.6. The third-order valence-corrected chi connectivity index (χ3v) is 7.78. The van der Waals surface area contributed by atoms with Crippen LogP contribution in [0.4, 0.5) is 17.6 Å². The van der Waals surface area contributed by atoms with Gasteiger partial charge in [-0.15, -0.1) is 0 Å². The number of nitrogens with zero attached hydrogens (tertiary/aromatic N) is 6. The van der Waals surface area contributed by atoms with E-state index in [0.717, 1.165) is 94.9 Å². The van der Waals surface area contributed by atoms with Gasteiger partial charge in [-0.05, 0) is 81.7 Å². The molecule has 3 fully saturated rings. The van der Waals surface area contributed by atoms with Crippen LogP contribution in [-0.4, -0.2) is 78.9 Å². The normalized spacial score (nSPS) is 19.4. The number of phenolic OH excluding ortho intramolecular Hbond substituents is 1. The number of hydrogen-bond donors (Lipinski definition) is 1. The lowest BCUT2D eigenvalue weighted by Gasteiger charge is -2.36. The van der Waals surface area contributed by atoms with E-state index in [1.54, 1.807) is 0 Å². The van der Waals surface area contributed by atoms with Crippen molar-refractivity contribution in [2.45, 2.75) is 52.4 Å². The first kappa shape index (κ1) is 23.2. The molecule has 0 spiro atoms. The van der Waals surface area contributed by atoms with Crippen molar-refractivity contribution in [3.05, 3.63) is 34.9 Å². The quantitative estimate of drug-likeness (QED) is 0.670. The average Bonchev–Trinajstić information content (AvgIpc) is 3.57. The third-order valence-electron chi connectivity index (χ3n) is 7.78. The van der Waals surface area contributed by atoms with Crippen LogP contribution in [0.25, 0.3) is 0 Å². The molecule has 3 aliphatic rings. The van der Waals surface area contributed by atoms with Crippen LogP contribution in [0.1, 0.15) is 48.8 Å². The highest BCUT2D eigenvalue weighted by Crippen LogP contribution is 2.28. The Bertz CT molecular complexity index is 941. The zero-order valence-electron chi connectivity index (χ0n) is 21.0. The topological polar surface area (TPSA) is 59.0 Å². The molecule has 1 aromatic carbocycles. The summed E-state index contributed by atoms with van der Waals surface area (Å²) in [6.45, 7) is 13.8. The van der Waals surface area contributed by atoms with Crippen molar-refractivity contribution >= 4 is 17.6 Å². The highest BCUT2D eigenvalue weighted by atomic mass is 16.3. The Morgan fingerprint density at radius 1 is 0.706 bits per heavy atom. The number of aromatic nitrogens is 2. The molecule has 184 valence electrons. The van der Waals surface area contributed by atoms with Crippen molar-refractivity contribution in [1.82, 2.24) is 14.9 Å². The molecule has 1 N–H and O–H groups in total. The van der Waals surface area contributed by atoms with Gasteiger partial charge in [0.15, 0.2) is 0 Å². The summed E-state index contributed by atoms with van der Waals surface area (Å²) in [4.78, 5) is 19.9. The van der Waals surface area contributed by atoms with E-state index in [1.807, 2.05) is 13.0 Å². The summed E-state index contributed by atoms with van der Waals surface area (Å²) in [6.07, 6.45) is 7.23. The molecule has 0 saturated carbocycles. The molecule has 0 aliphatic carbocycles. The van der Waals surface area contributed by atoms with Crippen LogP contribution >= 0.6 is 0 Å². The Kier molecular flexibility index (Phi) is 7.09. The van der Waals surface area contributed by atoms with E-state index in [4.69, 9.17) is 9.97 Å². The molecule has 7 nitrogen and oxygen atoms in total. The fraction of sp³-hybridized carbons (Fsp3) is 0.630. The Morgan fingerprint density at radius 3 is 1.94 bits per heavy atom. The van der Waals surface area contributed by atoms with Crippen LogP contribution < -0.4 is 14.7 Å². The number of anilines is 3. The minimum atomic E-state index is 0.405. The van der Waals surface area contributed by atoms with Crippen molar-refractivity contribution in [1.29, 1.82) is 0 Å². The summed E-state index contributed by atoms with van der Waals surface area (Å²) < 4.78 is 0. The van der Waals surface area contributed by atoms with Gasteiger partial charge in [-0.3, -0.25) is 4.90 Å². The van der Waals surface area contributed by atoms with E-state index in [9.17, 15) is 5.11 Å². The van der Waals surface area contributed by atoms with E-state index in [-0.39, 0.29) is 0 Å². The van der Waals surface area contributed by atoms with Crippen LogP contribution in [0, 0.1) is 13.8 Å². The predicted octanol–water partition coefficient (Wildman–Crippen LogP) is 3.75. The number of aromatic hydroxyl groups is 1. The molecule has 4 heterocycles. The summed E-state index contributed by atoms with van der Waals surface area (Å²) in [5.74, 6) is 3.56. The van der Waals surface area contributed by atoms with Gasteiger partial charge in [-0.2, -0.15) is 9.97 Å². The highest BCUT2D eigenvalue weighted by molar-refractivity contribution is 5.56. The van der Waals surface area contributed by atoms with Gasteiger partial charge in [0.1, 0.15) is 17.4 Å². The molecule has 0 atom stereocenters. The average molecular weight is 465 g/mol. The minimum absolute atomic E-state index is 0.405. The molecular weight excluding hydrogens is 424 g/mol. The SMILES string of the molecule is Cc1cc(CCCN2CCN(c3cc(N4CCCC4)nc(N4CCCC4)n3)CC2)c(C)cc1O. The zero-order valence-corrected chi connectivity index (χ0v) is 21.0. The number of piperazine rings is 1. The predicted molar refractivity (Wildman–Crippen MR) is 139 cm³/mol. The largest absolute Gasteiger partial charge is 0.508 e. The van der Waals surface area contributed by atoms with Crippen molar-refractivity contribution in [3.8, 4) is 5.75 Å².